The van der Waals surface area contributed by atoms with Gasteiger partial charge in [-0.15, -0.1) is 0 Å². The SMILES string of the molecule is Cc1cccc(C)c1OC[C@H](C)NC(=O)NCCC[S@](C)=O. The maximum Gasteiger partial charge on any atom is 0.315 e. The van der Waals surface area contributed by atoms with Crippen molar-refractivity contribution in [3.63, 3.8) is 0 Å². The minimum atomic E-state index is -0.812. The van der Waals surface area contributed by atoms with Crippen LogP contribution in [0.4, 0.5) is 4.79 Å². The first-order chi connectivity index (χ1) is 10.4. The van der Waals surface area contributed by atoms with E-state index in [1.807, 2.05) is 39.0 Å². The Morgan fingerprint density at radius 3 is 2.55 bits per heavy atom. The molecule has 0 aliphatic carbocycles. The lowest BCUT2D eigenvalue weighted by atomic mass is 10.1. The highest BCUT2D eigenvalue weighted by Gasteiger charge is 2.09. The van der Waals surface area contributed by atoms with Gasteiger partial charge in [-0.1, -0.05) is 18.2 Å². The molecule has 5 nitrogen and oxygen atoms in total. The number of amides is 2. The minimum absolute atomic E-state index is 0.0979. The molecule has 0 saturated heterocycles. The second-order valence-corrected chi connectivity index (χ2v) is 7.02. The van der Waals surface area contributed by atoms with Crippen molar-refractivity contribution < 1.29 is 13.7 Å². The fourth-order valence-corrected chi connectivity index (χ4v) is 2.58. The number of carbonyl (C=O) groups excluding carboxylic acids is 1. The molecule has 0 fully saturated rings. The van der Waals surface area contributed by atoms with Gasteiger partial charge in [0.2, 0.25) is 0 Å². The van der Waals surface area contributed by atoms with E-state index in [1.54, 1.807) is 6.26 Å². The van der Waals surface area contributed by atoms with Gasteiger partial charge in [0, 0.05) is 29.4 Å². The van der Waals surface area contributed by atoms with Crippen molar-refractivity contribution in [1.82, 2.24) is 10.6 Å². The highest BCUT2D eigenvalue weighted by molar-refractivity contribution is 7.84. The Hall–Kier alpha value is -1.56. The van der Waals surface area contributed by atoms with Crippen LogP contribution < -0.4 is 15.4 Å². The molecule has 0 unspecified atom stereocenters. The van der Waals surface area contributed by atoms with Gasteiger partial charge in [0.05, 0.1) is 6.04 Å². The number of urea groups is 1. The number of carbonyl (C=O) groups is 1. The number of nitrogens with one attached hydrogen (secondary N) is 2. The Morgan fingerprint density at radius 1 is 1.32 bits per heavy atom. The molecule has 0 radical (unpaired) electrons. The third-order valence-electron chi connectivity index (χ3n) is 3.16. The maximum absolute atomic E-state index is 11.7. The number of aryl methyl sites for hydroxylation is 2. The van der Waals surface area contributed by atoms with Gasteiger partial charge in [-0.05, 0) is 38.3 Å². The fourth-order valence-electron chi connectivity index (χ4n) is 2.03. The van der Waals surface area contributed by atoms with Crippen LogP contribution in [0.2, 0.25) is 0 Å². The van der Waals surface area contributed by atoms with Crippen LogP contribution in [0.3, 0.4) is 0 Å². The van der Waals surface area contributed by atoms with E-state index in [4.69, 9.17) is 4.74 Å². The first-order valence-corrected chi connectivity index (χ1v) is 9.16. The average molecular weight is 326 g/mol. The standard InChI is InChI=1S/C16H26N2O3S/c1-12-7-5-8-13(2)15(12)21-11-14(3)18-16(19)17-9-6-10-22(4)20/h5,7-8,14H,6,9-11H2,1-4H3,(H2,17,18,19)/t14-,22-/m0/s1. The van der Waals surface area contributed by atoms with Crippen molar-refractivity contribution in [3.05, 3.63) is 29.3 Å². The van der Waals surface area contributed by atoms with E-state index < -0.39 is 10.8 Å². The molecule has 2 N–H and O–H groups in total. The van der Waals surface area contributed by atoms with Crippen LogP contribution in [-0.4, -0.2) is 41.4 Å². The fraction of sp³-hybridized carbons (Fsp3) is 0.562. The number of benzene rings is 1. The molecule has 1 aromatic carbocycles. The largest absolute Gasteiger partial charge is 0.491 e. The van der Waals surface area contributed by atoms with E-state index in [0.717, 1.165) is 16.9 Å². The number of hydrogen-bond donors (Lipinski definition) is 2. The molecule has 0 aliphatic rings. The van der Waals surface area contributed by atoms with Gasteiger partial charge < -0.3 is 15.4 Å². The smallest absolute Gasteiger partial charge is 0.315 e. The summed E-state index contributed by atoms with van der Waals surface area (Å²) in [5.74, 6) is 1.48. The van der Waals surface area contributed by atoms with E-state index in [9.17, 15) is 9.00 Å². The molecule has 0 aliphatic heterocycles. The minimum Gasteiger partial charge on any atom is -0.491 e. The lowest BCUT2D eigenvalue weighted by molar-refractivity contribution is 0.226. The number of ether oxygens (including phenoxy) is 1. The van der Waals surface area contributed by atoms with E-state index in [-0.39, 0.29) is 12.1 Å². The van der Waals surface area contributed by atoms with Gasteiger partial charge in [0.25, 0.3) is 0 Å². The van der Waals surface area contributed by atoms with E-state index in [2.05, 4.69) is 10.6 Å². The van der Waals surface area contributed by atoms with Crippen molar-refractivity contribution in [2.45, 2.75) is 33.2 Å². The maximum atomic E-state index is 11.7. The molecular formula is C16H26N2O3S. The zero-order valence-corrected chi connectivity index (χ0v) is 14.6. The third-order valence-corrected chi connectivity index (χ3v) is 4.02. The van der Waals surface area contributed by atoms with Crippen LogP contribution in [0.25, 0.3) is 0 Å². The average Bonchev–Trinajstić information content (AvgIpc) is 2.43. The lowest BCUT2D eigenvalue weighted by Gasteiger charge is -2.17. The zero-order chi connectivity index (χ0) is 16.5. The summed E-state index contributed by atoms with van der Waals surface area (Å²) in [6.07, 6.45) is 2.37. The third kappa shape index (κ3) is 6.93. The van der Waals surface area contributed by atoms with Gasteiger partial charge in [-0.25, -0.2) is 4.79 Å². The van der Waals surface area contributed by atoms with Crippen LogP contribution >= 0.6 is 0 Å². The Balaban J connectivity index is 2.29. The zero-order valence-electron chi connectivity index (χ0n) is 13.8. The summed E-state index contributed by atoms with van der Waals surface area (Å²) in [6.45, 7) is 6.85. The van der Waals surface area contributed by atoms with Crippen LogP contribution in [0, 0.1) is 13.8 Å². The number of hydrogen-bond acceptors (Lipinski definition) is 3. The number of para-hydroxylation sites is 1. The van der Waals surface area contributed by atoms with Crippen molar-refractivity contribution in [2.24, 2.45) is 0 Å². The predicted molar refractivity (Wildman–Crippen MR) is 91.0 cm³/mol. The van der Waals surface area contributed by atoms with Gasteiger partial charge in [-0.2, -0.15) is 0 Å². The quantitative estimate of drug-likeness (QED) is 0.719. The molecule has 2 amide bonds. The van der Waals surface area contributed by atoms with Crippen LogP contribution in [0.15, 0.2) is 18.2 Å². The lowest BCUT2D eigenvalue weighted by Crippen LogP contribution is -2.43. The van der Waals surface area contributed by atoms with E-state index in [0.29, 0.717) is 25.3 Å². The first-order valence-electron chi connectivity index (χ1n) is 7.43. The Morgan fingerprint density at radius 2 is 1.95 bits per heavy atom. The molecule has 6 heteroatoms. The van der Waals surface area contributed by atoms with Crippen molar-refractivity contribution in [2.75, 3.05) is 25.2 Å². The first kappa shape index (κ1) is 18.5. The Bertz CT molecular complexity index is 500. The summed E-state index contributed by atoms with van der Waals surface area (Å²) >= 11 is 0. The summed E-state index contributed by atoms with van der Waals surface area (Å²) < 4.78 is 16.7. The monoisotopic (exact) mass is 326 g/mol. The molecule has 22 heavy (non-hydrogen) atoms. The molecule has 0 aromatic heterocycles. The highest BCUT2D eigenvalue weighted by atomic mass is 32.2. The summed E-state index contributed by atoms with van der Waals surface area (Å²) in [5.41, 5.74) is 2.17. The molecule has 124 valence electrons. The van der Waals surface area contributed by atoms with Crippen LogP contribution in [0.5, 0.6) is 5.75 Å². The molecular weight excluding hydrogens is 300 g/mol. The Labute approximate surface area is 135 Å². The molecule has 1 rings (SSSR count). The summed E-state index contributed by atoms with van der Waals surface area (Å²) in [5, 5.41) is 5.58. The summed E-state index contributed by atoms with van der Waals surface area (Å²) in [4.78, 5) is 11.7. The van der Waals surface area contributed by atoms with Gasteiger partial charge in [0.1, 0.15) is 12.4 Å². The molecule has 1 aromatic rings. The second-order valence-electron chi connectivity index (χ2n) is 5.46. The predicted octanol–water partition coefficient (Wildman–Crippen LogP) is 2.14. The van der Waals surface area contributed by atoms with Crippen molar-refractivity contribution in [3.8, 4) is 5.75 Å². The van der Waals surface area contributed by atoms with E-state index >= 15 is 0 Å². The summed E-state index contributed by atoms with van der Waals surface area (Å²) in [7, 11) is -0.812. The molecule has 0 heterocycles. The molecule has 0 spiro atoms. The topological polar surface area (TPSA) is 67.4 Å². The van der Waals surface area contributed by atoms with Gasteiger partial charge in [0.15, 0.2) is 0 Å². The molecule has 2 atom stereocenters. The van der Waals surface area contributed by atoms with Crippen molar-refractivity contribution >= 4 is 16.8 Å². The van der Waals surface area contributed by atoms with Crippen LogP contribution in [-0.2, 0) is 10.8 Å². The van der Waals surface area contributed by atoms with E-state index in [1.165, 1.54) is 0 Å². The van der Waals surface area contributed by atoms with Crippen molar-refractivity contribution in [1.29, 1.82) is 0 Å². The van der Waals surface area contributed by atoms with Gasteiger partial charge in [-0.3, -0.25) is 4.21 Å². The Kier molecular flexibility index (Phi) is 7.95. The second kappa shape index (κ2) is 9.46. The van der Waals surface area contributed by atoms with Crippen LogP contribution in [0.1, 0.15) is 24.5 Å². The molecule has 0 bridgehead atoms. The normalized spacial score (nSPS) is 13.3. The summed E-state index contributed by atoms with van der Waals surface area (Å²) in [6, 6.07) is 5.69. The molecule has 0 saturated carbocycles. The number of rotatable bonds is 8. The van der Waals surface area contributed by atoms with Gasteiger partial charge >= 0.3 is 6.03 Å². The highest BCUT2D eigenvalue weighted by Crippen LogP contribution is 2.22.